The van der Waals surface area contributed by atoms with Gasteiger partial charge in [0.15, 0.2) is 0 Å². The molecule has 0 amide bonds. The number of aromatic nitrogens is 1. The Morgan fingerprint density at radius 2 is 2.15 bits per heavy atom. The molecule has 2 aromatic rings. The SMILES string of the molecule is Nc1cnc(Oc2cc(F)c(Cl)cc2Br)c(C(=O)O)c1. The van der Waals surface area contributed by atoms with Crippen molar-refractivity contribution in [3.8, 4) is 11.6 Å². The third-order valence-electron chi connectivity index (χ3n) is 2.28. The Hall–Kier alpha value is -1.86. The number of anilines is 1. The number of benzene rings is 1. The normalized spacial score (nSPS) is 10.3. The fourth-order valence-corrected chi connectivity index (χ4v) is 2.11. The molecule has 0 atom stereocenters. The van der Waals surface area contributed by atoms with Gasteiger partial charge in [-0.15, -0.1) is 0 Å². The number of carbonyl (C=O) groups is 1. The molecule has 1 heterocycles. The monoisotopic (exact) mass is 360 g/mol. The van der Waals surface area contributed by atoms with Gasteiger partial charge in [-0.05, 0) is 28.1 Å². The van der Waals surface area contributed by atoms with Crippen LogP contribution in [0.4, 0.5) is 10.1 Å². The summed E-state index contributed by atoms with van der Waals surface area (Å²) in [6.45, 7) is 0. The van der Waals surface area contributed by atoms with Gasteiger partial charge in [0.25, 0.3) is 0 Å². The molecule has 0 unspecified atom stereocenters. The van der Waals surface area contributed by atoms with Crippen molar-refractivity contribution in [3.05, 3.63) is 45.3 Å². The Kier molecular flexibility index (Phi) is 4.10. The van der Waals surface area contributed by atoms with E-state index in [2.05, 4.69) is 20.9 Å². The number of ether oxygens (including phenoxy) is 1. The van der Waals surface area contributed by atoms with E-state index >= 15 is 0 Å². The molecule has 8 heteroatoms. The number of pyridine rings is 1. The lowest BCUT2D eigenvalue weighted by molar-refractivity contribution is 0.0693. The van der Waals surface area contributed by atoms with Crippen molar-refractivity contribution in [2.75, 3.05) is 5.73 Å². The summed E-state index contributed by atoms with van der Waals surface area (Å²) in [6.07, 6.45) is 1.24. The van der Waals surface area contributed by atoms with E-state index in [9.17, 15) is 9.18 Å². The first-order valence-corrected chi connectivity index (χ1v) is 6.37. The van der Waals surface area contributed by atoms with Crippen LogP contribution in [0.25, 0.3) is 0 Å². The number of aromatic carboxylic acids is 1. The predicted molar refractivity (Wildman–Crippen MR) is 74.8 cm³/mol. The molecule has 2 rings (SSSR count). The lowest BCUT2D eigenvalue weighted by atomic mass is 10.2. The second kappa shape index (κ2) is 5.64. The van der Waals surface area contributed by atoms with Crippen LogP contribution >= 0.6 is 27.5 Å². The Labute approximate surface area is 126 Å². The molecular weight excluding hydrogens is 354 g/mol. The van der Waals surface area contributed by atoms with Crippen LogP contribution in [0.3, 0.4) is 0 Å². The predicted octanol–water partition coefficient (Wildman–Crippen LogP) is 3.71. The molecule has 0 aliphatic carbocycles. The van der Waals surface area contributed by atoms with Crippen LogP contribution in [0.1, 0.15) is 10.4 Å². The summed E-state index contributed by atoms with van der Waals surface area (Å²) in [5, 5.41) is 8.96. The minimum Gasteiger partial charge on any atom is -0.477 e. The molecule has 0 spiro atoms. The summed E-state index contributed by atoms with van der Waals surface area (Å²) in [7, 11) is 0. The molecule has 1 aromatic heterocycles. The number of rotatable bonds is 3. The van der Waals surface area contributed by atoms with Gasteiger partial charge in [0.05, 0.1) is 21.4 Å². The first kappa shape index (κ1) is 14.5. The zero-order chi connectivity index (χ0) is 14.9. The molecule has 0 fully saturated rings. The van der Waals surface area contributed by atoms with Crippen molar-refractivity contribution in [2.24, 2.45) is 0 Å². The zero-order valence-electron chi connectivity index (χ0n) is 9.73. The van der Waals surface area contributed by atoms with E-state index in [0.29, 0.717) is 4.47 Å². The maximum Gasteiger partial charge on any atom is 0.341 e. The Bertz CT molecular complexity index is 697. The summed E-state index contributed by atoms with van der Waals surface area (Å²) in [4.78, 5) is 14.9. The quantitative estimate of drug-likeness (QED) is 0.814. The average molecular weight is 362 g/mol. The second-order valence-electron chi connectivity index (χ2n) is 3.73. The fourth-order valence-electron chi connectivity index (χ4n) is 1.39. The van der Waals surface area contributed by atoms with Gasteiger partial charge in [-0.1, -0.05) is 11.6 Å². The smallest absolute Gasteiger partial charge is 0.341 e. The zero-order valence-corrected chi connectivity index (χ0v) is 12.1. The van der Waals surface area contributed by atoms with Crippen LogP contribution < -0.4 is 10.5 Å². The second-order valence-corrected chi connectivity index (χ2v) is 4.99. The van der Waals surface area contributed by atoms with Crippen LogP contribution in [0.2, 0.25) is 5.02 Å². The molecule has 0 radical (unpaired) electrons. The van der Waals surface area contributed by atoms with Crippen molar-refractivity contribution in [3.63, 3.8) is 0 Å². The number of nitrogens with zero attached hydrogens (tertiary/aromatic N) is 1. The number of carboxylic acid groups (broad SMARTS) is 1. The van der Waals surface area contributed by atoms with Crippen molar-refractivity contribution >= 4 is 39.2 Å². The topological polar surface area (TPSA) is 85.4 Å². The third-order valence-corrected chi connectivity index (χ3v) is 3.19. The van der Waals surface area contributed by atoms with Gasteiger partial charge in [-0.2, -0.15) is 0 Å². The number of hydrogen-bond donors (Lipinski definition) is 2. The van der Waals surface area contributed by atoms with E-state index in [0.717, 1.165) is 6.07 Å². The molecule has 0 saturated carbocycles. The van der Waals surface area contributed by atoms with Crippen LogP contribution in [-0.2, 0) is 0 Å². The molecule has 20 heavy (non-hydrogen) atoms. The van der Waals surface area contributed by atoms with Gasteiger partial charge in [-0.25, -0.2) is 14.2 Å². The van der Waals surface area contributed by atoms with Crippen molar-refractivity contribution in [1.82, 2.24) is 4.98 Å². The summed E-state index contributed by atoms with van der Waals surface area (Å²) in [5.74, 6) is -2.11. The largest absolute Gasteiger partial charge is 0.477 e. The molecule has 104 valence electrons. The van der Waals surface area contributed by atoms with Crippen LogP contribution in [0.5, 0.6) is 11.6 Å². The molecule has 0 aliphatic heterocycles. The van der Waals surface area contributed by atoms with Gasteiger partial charge in [0, 0.05) is 6.07 Å². The van der Waals surface area contributed by atoms with Crippen molar-refractivity contribution in [2.45, 2.75) is 0 Å². The Balaban J connectivity index is 2.45. The molecule has 5 nitrogen and oxygen atoms in total. The van der Waals surface area contributed by atoms with Crippen molar-refractivity contribution < 1.29 is 19.0 Å². The molecule has 0 bridgehead atoms. The lowest BCUT2D eigenvalue weighted by Gasteiger charge is -2.10. The lowest BCUT2D eigenvalue weighted by Crippen LogP contribution is -2.04. The molecular formula is C12H7BrClFN2O3. The van der Waals surface area contributed by atoms with E-state index in [1.54, 1.807) is 0 Å². The molecule has 1 aromatic carbocycles. The highest BCUT2D eigenvalue weighted by atomic mass is 79.9. The number of halogens is 3. The maximum atomic E-state index is 13.4. The van der Waals surface area contributed by atoms with Crippen LogP contribution in [0, 0.1) is 5.82 Å². The van der Waals surface area contributed by atoms with Gasteiger partial charge in [0.2, 0.25) is 5.88 Å². The maximum absolute atomic E-state index is 13.4. The van der Waals surface area contributed by atoms with Gasteiger partial charge < -0.3 is 15.6 Å². The number of hydrogen-bond acceptors (Lipinski definition) is 4. The van der Waals surface area contributed by atoms with E-state index in [1.807, 2.05) is 0 Å². The van der Waals surface area contributed by atoms with Gasteiger partial charge in [0.1, 0.15) is 17.1 Å². The first-order chi connectivity index (χ1) is 9.38. The van der Waals surface area contributed by atoms with E-state index < -0.39 is 11.8 Å². The van der Waals surface area contributed by atoms with Crippen LogP contribution in [0.15, 0.2) is 28.9 Å². The molecule has 0 aliphatic rings. The van der Waals surface area contributed by atoms with E-state index in [1.165, 1.54) is 18.3 Å². The number of nitrogens with two attached hydrogens (primary N) is 1. The van der Waals surface area contributed by atoms with Gasteiger partial charge in [-0.3, -0.25) is 0 Å². The standard InChI is InChI=1S/C12H7BrClFN2O3/c13-7-2-8(14)9(15)3-10(7)20-11-6(12(18)19)1-5(16)4-17-11/h1-4H,16H2,(H,18,19). The average Bonchev–Trinajstić information content (AvgIpc) is 2.37. The summed E-state index contributed by atoms with van der Waals surface area (Å²) >= 11 is 8.74. The van der Waals surface area contributed by atoms with Crippen LogP contribution in [-0.4, -0.2) is 16.1 Å². The number of nitrogen functional groups attached to an aromatic ring is 1. The fraction of sp³-hybridized carbons (Fsp3) is 0. The highest BCUT2D eigenvalue weighted by Gasteiger charge is 2.16. The summed E-state index contributed by atoms with van der Waals surface area (Å²) in [5.41, 5.74) is 5.41. The number of carboxylic acids is 1. The van der Waals surface area contributed by atoms with Crippen molar-refractivity contribution in [1.29, 1.82) is 0 Å². The highest BCUT2D eigenvalue weighted by molar-refractivity contribution is 9.10. The van der Waals surface area contributed by atoms with Gasteiger partial charge >= 0.3 is 5.97 Å². The highest BCUT2D eigenvalue weighted by Crippen LogP contribution is 2.34. The summed E-state index contributed by atoms with van der Waals surface area (Å²) in [6, 6.07) is 3.52. The first-order valence-electron chi connectivity index (χ1n) is 5.19. The summed E-state index contributed by atoms with van der Waals surface area (Å²) < 4.78 is 19.1. The minimum atomic E-state index is -1.26. The van der Waals surface area contributed by atoms with E-state index in [-0.39, 0.29) is 27.9 Å². The minimum absolute atomic E-state index is 0.0478. The Morgan fingerprint density at radius 3 is 2.80 bits per heavy atom. The molecule has 3 N–H and O–H groups in total. The third kappa shape index (κ3) is 3.00. The van der Waals surface area contributed by atoms with E-state index in [4.69, 9.17) is 27.2 Å². The Morgan fingerprint density at radius 1 is 1.45 bits per heavy atom. The molecule has 0 saturated heterocycles.